The zero-order valence-corrected chi connectivity index (χ0v) is 19.8. The molecular formula is C25H31ClN4O3. The predicted octanol–water partition coefficient (Wildman–Crippen LogP) is 4.65. The number of pyridine rings is 1. The van der Waals surface area contributed by atoms with Crippen LogP contribution in [0, 0.1) is 0 Å². The van der Waals surface area contributed by atoms with Crippen LogP contribution >= 0.6 is 11.6 Å². The number of hydrogen-bond acceptors (Lipinski definition) is 5. The van der Waals surface area contributed by atoms with Crippen molar-refractivity contribution in [2.75, 3.05) is 31.1 Å². The first-order valence-electron chi connectivity index (χ1n) is 11.8. The zero-order chi connectivity index (χ0) is 23.2. The number of carbonyl (C=O) groups excluding carboxylic acids is 2. The molecule has 33 heavy (non-hydrogen) atoms. The van der Waals surface area contributed by atoms with Crippen LogP contribution in [0.1, 0.15) is 55.8 Å². The van der Waals surface area contributed by atoms with Crippen LogP contribution in [-0.2, 0) is 4.79 Å². The summed E-state index contributed by atoms with van der Waals surface area (Å²) >= 11 is 6.20. The minimum atomic E-state index is -0.213. The monoisotopic (exact) mass is 470 g/mol. The number of rotatable bonds is 8. The summed E-state index contributed by atoms with van der Waals surface area (Å²) in [6.45, 7) is 5.52. The summed E-state index contributed by atoms with van der Waals surface area (Å²) in [5, 5.41) is 3.53. The fraction of sp³-hybridized carbons (Fsp3) is 0.480. The summed E-state index contributed by atoms with van der Waals surface area (Å²) < 4.78 is 5.89. The molecule has 0 aliphatic carbocycles. The van der Waals surface area contributed by atoms with E-state index in [0.29, 0.717) is 54.0 Å². The molecule has 4 rings (SSSR count). The molecule has 1 saturated heterocycles. The van der Waals surface area contributed by atoms with E-state index >= 15 is 0 Å². The number of anilines is 1. The highest BCUT2D eigenvalue weighted by Crippen LogP contribution is 2.39. The van der Waals surface area contributed by atoms with Crippen molar-refractivity contribution in [2.24, 2.45) is 0 Å². The van der Waals surface area contributed by atoms with Gasteiger partial charge in [0, 0.05) is 43.3 Å². The standard InChI is InChI=1S/C25H31ClN4O3/c1-18-7-2-3-14-29(18)15-6-13-27-23(31)9-5-16-30-21-17-19(26)10-11-22(21)33-24-20(25(30)32)8-4-12-28-24/h4,8,10-12,17-18H,2-3,5-7,9,13-16H2,1H3,(H,27,31)/t18-/m1/s1. The van der Waals surface area contributed by atoms with E-state index in [9.17, 15) is 9.59 Å². The van der Waals surface area contributed by atoms with E-state index in [4.69, 9.17) is 16.3 Å². The second-order valence-corrected chi connectivity index (χ2v) is 9.15. The third kappa shape index (κ3) is 5.84. The molecule has 2 aromatic rings. The Hall–Kier alpha value is -2.64. The second kappa shape index (κ2) is 11.0. The molecule has 1 N–H and O–H groups in total. The summed E-state index contributed by atoms with van der Waals surface area (Å²) in [6, 6.07) is 9.20. The molecule has 1 fully saturated rings. The maximum absolute atomic E-state index is 13.2. The van der Waals surface area contributed by atoms with Crippen molar-refractivity contribution < 1.29 is 14.3 Å². The maximum atomic E-state index is 13.2. The molecule has 1 aromatic heterocycles. The lowest BCUT2D eigenvalue weighted by Gasteiger charge is -2.33. The minimum Gasteiger partial charge on any atom is -0.436 e. The second-order valence-electron chi connectivity index (χ2n) is 8.71. The third-order valence-corrected chi connectivity index (χ3v) is 6.57. The first-order chi connectivity index (χ1) is 16.0. The Morgan fingerprint density at radius 1 is 1.24 bits per heavy atom. The summed E-state index contributed by atoms with van der Waals surface area (Å²) in [4.78, 5) is 33.9. The van der Waals surface area contributed by atoms with Gasteiger partial charge in [0.2, 0.25) is 11.8 Å². The van der Waals surface area contributed by atoms with Crippen molar-refractivity contribution in [3.63, 3.8) is 0 Å². The van der Waals surface area contributed by atoms with Gasteiger partial charge >= 0.3 is 0 Å². The average molecular weight is 471 g/mol. The van der Waals surface area contributed by atoms with Crippen molar-refractivity contribution in [3.8, 4) is 11.6 Å². The van der Waals surface area contributed by atoms with Gasteiger partial charge in [0.1, 0.15) is 5.56 Å². The molecule has 1 aromatic carbocycles. The zero-order valence-electron chi connectivity index (χ0n) is 19.1. The number of piperidine rings is 1. The number of likely N-dealkylation sites (tertiary alicyclic amines) is 1. The minimum absolute atomic E-state index is 0.00796. The van der Waals surface area contributed by atoms with Gasteiger partial charge in [-0.25, -0.2) is 4.98 Å². The smallest absolute Gasteiger partial charge is 0.263 e. The van der Waals surface area contributed by atoms with Gasteiger partial charge in [0.25, 0.3) is 5.91 Å². The van der Waals surface area contributed by atoms with Crippen molar-refractivity contribution in [2.45, 2.75) is 51.5 Å². The molecule has 1 atom stereocenters. The molecule has 0 unspecified atom stereocenters. The van der Waals surface area contributed by atoms with E-state index < -0.39 is 0 Å². The SMILES string of the molecule is C[C@@H]1CCCCN1CCCNC(=O)CCCN1C(=O)c2cccnc2Oc2ccc(Cl)cc21. The molecule has 7 nitrogen and oxygen atoms in total. The van der Waals surface area contributed by atoms with Crippen LogP contribution in [0.2, 0.25) is 5.02 Å². The molecule has 176 valence electrons. The molecule has 2 amide bonds. The van der Waals surface area contributed by atoms with E-state index in [0.717, 1.165) is 19.5 Å². The van der Waals surface area contributed by atoms with Gasteiger partial charge in [0.15, 0.2) is 5.75 Å². The van der Waals surface area contributed by atoms with Crippen LogP contribution < -0.4 is 15.0 Å². The molecule has 0 radical (unpaired) electrons. The van der Waals surface area contributed by atoms with Crippen molar-refractivity contribution in [3.05, 3.63) is 47.1 Å². The van der Waals surface area contributed by atoms with Crippen LogP contribution in [0.3, 0.4) is 0 Å². The van der Waals surface area contributed by atoms with E-state index in [1.807, 2.05) is 0 Å². The quantitative estimate of drug-likeness (QED) is 0.568. The predicted molar refractivity (Wildman–Crippen MR) is 129 cm³/mol. The Balaban J connectivity index is 1.30. The number of halogens is 1. The molecule has 3 heterocycles. The number of fused-ring (bicyclic) bond motifs is 2. The van der Waals surface area contributed by atoms with Gasteiger partial charge in [-0.3, -0.25) is 9.59 Å². The number of nitrogens with one attached hydrogen (secondary N) is 1. The van der Waals surface area contributed by atoms with Crippen LogP contribution in [0.15, 0.2) is 36.5 Å². The van der Waals surface area contributed by atoms with E-state index in [1.54, 1.807) is 41.4 Å². The lowest BCUT2D eigenvalue weighted by molar-refractivity contribution is -0.121. The molecule has 2 aliphatic rings. The number of nitrogens with zero attached hydrogens (tertiary/aromatic N) is 3. The van der Waals surface area contributed by atoms with Gasteiger partial charge in [0.05, 0.1) is 5.69 Å². The highest BCUT2D eigenvalue weighted by Gasteiger charge is 2.29. The Morgan fingerprint density at radius 2 is 2.12 bits per heavy atom. The summed E-state index contributed by atoms with van der Waals surface area (Å²) in [5.74, 6) is 0.583. The number of ether oxygens (including phenoxy) is 1. The Kier molecular flexibility index (Phi) is 7.83. The first kappa shape index (κ1) is 23.5. The fourth-order valence-electron chi connectivity index (χ4n) is 4.49. The lowest BCUT2D eigenvalue weighted by atomic mass is 10.0. The van der Waals surface area contributed by atoms with Crippen LogP contribution in [-0.4, -0.2) is 53.9 Å². The van der Waals surface area contributed by atoms with Crippen LogP contribution in [0.4, 0.5) is 5.69 Å². The van der Waals surface area contributed by atoms with Crippen molar-refractivity contribution in [1.82, 2.24) is 15.2 Å². The highest BCUT2D eigenvalue weighted by molar-refractivity contribution is 6.31. The number of benzene rings is 1. The molecule has 0 spiro atoms. The number of hydrogen-bond donors (Lipinski definition) is 1. The first-order valence-corrected chi connectivity index (χ1v) is 12.2. The van der Waals surface area contributed by atoms with Gasteiger partial charge in [-0.15, -0.1) is 0 Å². The number of aromatic nitrogens is 1. The van der Waals surface area contributed by atoms with Crippen LogP contribution in [0.5, 0.6) is 11.6 Å². The van der Waals surface area contributed by atoms with E-state index in [1.165, 1.54) is 19.3 Å². The lowest BCUT2D eigenvalue weighted by Crippen LogP contribution is -2.39. The molecule has 2 aliphatic heterocycles. The van der Waals surface area contributed by atoms with Gasteiger partial charge in [-0.05, 0) is 69.5 Å². The third-order valence-electron chi connectivity index (χ3n) is 6.34. The number of carbonyl (C=O) groups is 2. The maximum Gasteiger partial charge on any atom is 0.263 e. The Morgan fingerprint density at radius 3 is 2.97 bits per heavy atom. The highest BCUT2D eigenvalue weighted by atomic mass is 35.5. The van der Waals surface area contributed by atoms with Gasteiger partial charge < -0.3 is 19.9 Å². The van der Waals surface area contributed by atoms with E-state index in [2.05, 4.69) is 22.1 Å². The largest absolute Gasteiger partial charge is 0.436 e. The number of amides is 2. The molecule has 8 heteroatoms. The van der Waals surface area contributed by atoms with Gasteiger partial charge in [-0.2, -0.15) is 0 Å². The summed E-state index contributed by atoms with van der Waals surface area (Å²) in [5.41, 5.74) is 0.975. The topological polar surface area (TPSA) is 74.8 Å². The van der Waals surface area contributed by atoms with E-state index in [-0.39, 0.29) is 17.7 Å². The summed E-state index contributed by atoms with van der Waals surface area (Å²) in [7, 11) is 0. The van der Waals surface area contributed by atoms with Gasteiger partial charge in [-0.1, -0.05) is 18.0 Å². The fourth-order valence-corrected chi connectivity index (χ4v) is 4.66. The average Bonchev–Trinajstić information content (AvgIpc) is 2.92. The summed E-state index contributed by atoms with van der Waals surface area (Å²) in [6.07, 6.45) is 7.27. The molecular weight excluding hydrogens is 440 g/mol. The Bertz CT molecular complexity index is 999. The van der Waals surface area contributed by atoms with Crippen molar-refractivity contribution >= 4 is 29.1 Å². The molecule has 0 bridgehead atoms. The molecule has 0 saturated carbocycles. The Labute approximate surface area is 200 Å². The normalized spacial score (nSPS) is 18.2. The van der Waals surface area contributed by atoms with Crippen molar-refractivity contribution in [1.29, 1.82) is 0 Å². The van der Waals surface area contributed by atoms with Crippen LogP contribution in [0.25, 0.3) is 0 Å².